The SMILES string of the molecule is CNCCCCCCCCCCCOCCCOC. The van der Waals surface area contributed by atoms with Gasteiger partial charge in [0.05, 0.1) is 0 Å². The van der Waals surface area contributed by atoms with Gasteiger partial charge in [0.15, 0.2) is 0 Å². The molecule has 3 heteroatoms. The van der Waals surface area contributed by atoms with Crippen LogP contribution in [0.25, 0.3) is 0 Å². The number of nitrogens with one attached hydrogen (secondary N) is 1. The lowest BCUT2D eigenvalue weighted by molar-refractivity contribution is 0.100. The van der Waals surface area contributed by atoms with Crippen molar-refractivity contribution in [1.29, 1.82) is 0 Å². The molecule has 3 nitrogen and oxygen atoms in total. The molecule has 19 heavy (non-hydrogen) atoms. The zero-order valence-corrected chi connectivity index (χ0v) is 13.2. The van der Waals surface area contributed by atoms with E-state index in [-0.39, 0.29) is 0 Å². The first kappa shape index (κ1) is 18.9. The predicted molar refractivity (Wildman–Crippen MR) is 82.8 cm³/mol. The maximum Gasteiger partial charge on any atom is 0.0487 e. The molecule has 0 rings (SSSR count). The van der Waals surface area contributed by atoms with Crippen molar-refractivity contribution in [3.8, 4) is 0 Å². The van der Waals surface area contributed by atoms with Crippen molar-refractivity contribution < 1.29 is 9.47 Å². The lowest BCUT2D eigenvalue weighted by Crippen LogP contribution is -2.06. The molecule has 0 amide bonds. The van der Waals surface area contributed by atoms with E-state index in [0.29, 0.717) is 0 Å². The molecule has 0 atom stereocenters. The molecule has 0 aliphatic carbocycles. The third-order valence-corrected chi connectivity index (χ3v) is 3.35. The van der Waals surface area contributed by atoms with Crippen molar-refractivity contribution in [3.05, 3.63) is 0 Å². The highest BCUT2D eigenvalue weighted by Gasteiger charge is 1.93. The first-order chi connectivity index (χ1) is 9.41. The third kappa shape index (κ3) is 17.9. The molecule has 0 aromatic heterocycles. The molecule has 1 N–H and O–H groups in total. The standard InChI is InChI=1S/C16H35NO2/c1-17-13-10-8-6-4-3-5-7-9-11-15-19-16-12-14-18-2/h17H,3-16H2,1-2H3. The van der Waals surface area contributed by atoms with Gasteiger partial charge >= 0.3 is 0 Å². The molecular weight excluding hydrogens is 238 g/mol. The fourth-order valence-corrected chi connectivity index (χ4v) is 2.15. The van der Waals surface area contributed by atoms with Crippen LogP contribution in [0.5, 0.6) is 0 Å². The number of rotatable bonds is 16. The maximum atomic E-state index is 5.53. The Kier molecular flexibility index (Phi) is 17.8. The number of methoxy groups -OCH3 is 1. The molecule has 0 saturated heterocycles. The summed E-state index contributed by atoms with van der Waals surface area (Å²) >= 11 is 0. The van der Waals surface area contributed by atoms with Gasteiger partial charge in [-0.25, -0.2) is 0 Å². The van der Waals surface area contributed by atoms with Crippen LogP contribution in [-0.4, -0.2) is 40.5 Å². The number of unbranched alkanes of at least 4 members (excludes halogenated alkanes) is 8. The first-order valence-corrected chi connectivity index (χ1v) is 8.13. The van der Waals surface area contributed by atoms with Crippen LogP contribution in [0.15, 0.2) is 0 Å². The highest BCUT2D eigenvalue weighted by molar-refractivity contribution is 4.48. The summed E-state index contributed by atoms with van der Waals surface area (Å²) in [6.07, 6.45) is 13.3. The van der Waals surface area contributed by atoms with Crippen molar-refractivity contribution in [3.63, 3.8) is 0 Å². The van der Waals surface area contributed by atoms with Crippen LogP contribution >= 0.6 is 0 Å². The maximum absolute atomic E-state index is 5.53. The minimum atomic E-state index is 0.814. The highest BCUT2D eigenvalue weighted by Crippen LogP contribution is 2.09. The normalized spacial score (nSPS) is 11.1. The molecule has 0 unspecified atom stereocenters. The fraction of sp³-hybridized carbons (Fsp3) is 1.00. The van der Waals surface area contributed by atoms with Crippen LogP contribution in [0.4, 0.5) is 0 Å². The van der Waals surface area contributed by atoms with Crippen molar-refractivity contribution in [1.82, 2.24) is 5.32 Å². The molecule has 0 spiro atoms. The monoisotopic (exact) mass is 273 g/mol. The van der Waals surface area contributed by atoms with Crippen LogP contribution in [0, 0.1) is 0 Å². The van der Waals surface area contributed by atoms with Crippen molar-refractivity contribution in [2.24, 2.45) is 0 Å². The van der Waals surface area contributed by atoms with Crippen LogP contribution in [0.2, 0.25) is 0 Å². The van der Waals surface area contributed by atoms with E-state index in [1.807, 2.05) is 7.05 Å². The molecule has 0 radical (unpaired) electrons. The summed E-state index contributed by atoms with van der Waals surface area (Å²) in [6, 6.07) is 0. The molecule has 0 aliphatic rings. The summed E-state index contributed by atoms with van der Waals surface area (Å²) in [5, 5.41) is 3.20. The van der Waals surface area contributed by atoms with Gasteiger partial charge in [-0.05, 0) is 32.9 Å². The Morgan fingerprint density at radius 1 is 0.632 bits per heavy atom. The average molecular weight is 273 g/mol. The van der Waals surface area contributed by atoms with E-state index in [2.05, 4.69) is 5.32 Å². The van der Waals surface area contributed by atoms with Gasteiger partial charge in [0.1, 0.15) is 0 Å². The molecular formula is C16H35NO2. The Balaban J connectivity index is 2.88. The summed E-state index contributed by atoms with van der Waals surface area (Å²) in [6.45, 7) is 3.76. The van der Waals surface area contributed by atoms with E-state index < -0.39 is 0 Å². The lowest BCUT2D eigenvalue weighted by Gasteiger charge is -2.04. The minimum Gasteiger partial charge on any atom is -0.385 e. The summed E-state index contributed by atoms with van der Waals surface area (Å²) < 4.78 is 10.5. The van der Waals surface area contributed by atoms with Gasteiger partial charge in [-0.2, -0.15) is 0 Å². The van der Waals surface area contributed by atoms with Gasteiger partial charge < -0.3 is 14.8 Å². The van der Waals surface area contributed by atoms with Crippen LogP contribution in [0.3, 0.4) is 0 Å². The molecule has 0 aromatic carbocycles. The minimum absolute atomic E-state index is 0.814. The Morgan fingerprint density at radius 2 is 1.16 bits per heavy atom. The Morgan fingerprint density at radius 3 is 1.74 bits per heavy atom. The van der Waals surface area contributed by atoms with E-state index in [4.69, 9.17) is 9.47 Å². The van der Waals surface area contributed by atoms with Gasteiger partial charge in [-0.1, -0.05) is 44.9 Å². The molecule has 0 aromatic rings. The van der Waals surface area contributed by atoms with Crippen LogP contribution < -0.4 is 5.32 Å². The Bertz CT molecular complexity index is 138. The van der Waals surface area contributed by atoms with E-state index >= 15 is 0 Å². The predicted octanol–water partition coefficient (Wildman–Crippen LogP) is 3.77. The van der Waals surface area contributed by atoms with Gasteiger partial charge in [0.2, 0.25) is 0 Å². The Labute approximate surface area is 120 Å². The topological polar surface area (TPSA) is 30.5 Å². The van der Waals surface area contributed by atoms with Gasteiger partial charge in [-0.3, -0.25) is 0 Å². The molecule has 0 saturated carbocycles. The zero-order chi connectivity index (χ0) is 14.0. The quantitative estimate of drug-likeness (QED) is 0.434. The van der Waals surface area contributed by atoms with Crippen molar-refractivity contribution >= 4 is 0 Å². The second-order valence-electron chi connectivity index (χ2n) is 5.24. The molecule has 0 fully saturated rings. The number of ether oxygens (including phenoxy) is 2. The summed E-state index contributed by atoms with van der Waals surface area (Å²) in [7, 11) is 3.77. The lowest BCUT2D eigenvalue weighted by atomic mass is 10.1. The largest absolute Gasteiger partial charge is 0.385 e. The second-order valence-corrected chi connectivity index (χ2v) is 5.24. The van der Waals surface area contributed by atoms with E-state index in [1.54, 1.807) is 7.11 Å². The number of hydrogen-bond acceptors (Lipinski definition) is 3. The average Bonchev–Trinajstić information content (AvgIpc) is 2.43. The smallest absolute Gasteiger partial charge is 0.0487 e. The molecule has 0 bridgehead atoms. The highest BCUT2D eigenvalue weighted by atomic mass is 16.5. The summed E-state index contributed by atoms with van der Waals surface area (Å²) in [5.74, 6) is 0. The fourth-order valence-electron chi connectivity index (χ4n) is 2.15. The van der Waals surface area contributed by atoms with E-state index in [1.165, 1.54) is 64.3 Å². The van der Waals surface area contributed by atoms with Crippen molar-refractivity contribution in [2.45, 2.75) is 64.2 Å². The second kappa shape index (κ2) is 17.9. The third-order valence-electron chi connectivity index (χ3n) is 3.35. The Hall–Kier alpha value is -0.120. The van der Waals surface area contributed by atoms with Crippen LogP contribution in [-0.2, 0) is 9.47 Å². The van der Waals surface area contributed by atoms with Crippen LogP contribution in [0.1, 0.15) is 64.2 Å². The first-order valence-electron chi connectivity index (χ1n) is 8.13. The van der Waals surface area contributed by atoms with Crippen molar-refractivity contribution in [2.75, 3.05) is 40.5 Å². The molecule has 116 valence electrons. The van der Waals surface area contributed by atoms with Gasteiger partial charge in [-0.15, -0.1) is 0 Å². The van der Waals surface area contributed by atoms with E-state index in [9.17, 15) is 0 Å². The van der Waals surface area contributed by atoms with Gasteiger partial charge in [0, 0.05) is 26.9 Å². The van der Waals surface area contributed by atoms with E-state index in [0.717, 1.165) is 26.2 Å². The summed E-state index contributed by atoms with van der Waals surface area (Å²) in [4.78, 5) is 0. The van der Waals surface area contributed by atoms with Gasteiger partial charge in [0.25, 0.3) is 0 Å². The summed E-state index contributed by atoms with van der Waals surface area (Å²) in [5.41, 5.74) is 0. The zero-order valence-electron chi connectivity index (χ0n) is 13.2. The number of hydrogen-bond donors (Lipinski definition) is 1. The molecule has 0 heterocycles. The molecule has 0 aliphatic heterocycles.